The molecule has 22 heavy (non-hydrogen) atoms. The first kappa shape index (κ1) is 18.2. The van der Waals surface area contributed by atoms with Crippen LogP contribution in [0.3, 0.4) is 0 Å². The van der Waals surface area contributed by atoms with Crippen molar-refractivity contribution >= 4 is 29.4 Å². The molecule has 0 unspecified atom stereocenters. The molecule has 0 spiro atoms. The second-order valence-corrected chi connectivity index (χ2v) is 6.03. The zero-order chi connectivity index (χ0) is 17.1. The minimum atomic E-state index is -3.91. The van der Waals surface area contributed by atoms with Gasteiger partial charge < -0.3 is 9.84 Å². The minimum absolute atomic E-state index is 0.0381. The molecule has 1 aromatic carbocycles. The predicted octanol–water partition coefficient (Wildman–Crippen LogP) is 3.95. The van der Waals surface area contributed by atoms with Crippen LogP contribution in [0.2, 0.25) is 5.02 Å². The molecule has 0 radical (unpaired) electrons. The molecule has 0 saturated heterocycles. The number of halogens is 3. The van der Waals surface area contributed by atoms with Crippen molar-refractivity contribution < 1.29 is 28.2 Å². The summed E-state index contributed by atoms with van der Waals surface area (Å²) in [6.45, 7) is 5.07. The van der Waals surface area contributed by atoms with E-state index in [2.05, 4.69) is 5.32 Å². The van der Waals surface area contributed by atoms with Gasteiger partial charge in [0.15, 0.2) is 0 Å². The SMILES string of the molecule is CC(C)(C)OC(=O)Nc1ccc(CC(F)(F)C(=O)O)c(Cl)c1. The van der Waals surface area contributed by atoms with Gasteiger partial charge in [0, 0.05) is 17.1 Å². The molecule has 122 valence electrons. The Balaban J connectivity index is 2.82. The second-order valence-electron chi connectivity index (χ2n) is 5.62. The molecule has 0 aliphatic rings. The fourth-order valence-corrected chi connectivity index (χ4v) is 1.75. The Morgan fingerprint density at radius 3 is 2.36 bits per heavy atom. The van der Waals surface area contributed by atoms with Crippen molar-refractivity contribution in [1.29, 1.82) is 0 Å². The maximum Gasteiger partial charge on any atom is 0.412 e. The van der Waals surface area contributed by atoms with Crippen LogP contribution in [0.5, 0.6) is 0 Å². The van der Waals surface area contributed by atoms with Gasteiger partial charge in [-0.15, -0.1) is 0 Å². The fourth-order valence-electron chi connectivity index (χ4n) is 1.50. The summed E-state index contributed by atoms with van der Waals surface area (Å²) in [5.74, 6) is -6.14. The fraction of sp³-hybridized carbons (Fsp3) is 0.429. The van der Waals surface area contributed by atoms with E-state index in [1.54, 1.807) is 20.8 Å². The Kier molecular flexibility index (Phi) is 5.35. The van der Waals surface area contributed by atoms with Crippen LogP contribution >= 0.6 is 11.6 Å². The average molecular weight is 336 g/mol. The van der Waals surface area contributed by atoms with Gasteiger partial charge in [0.25, 0.3) is 0 Å². The Morgan fingerprint density at radius 2 is 1.91 bits per heavy atom. The highest BCUT2D eigenvalue weighted by molar-refractivity contribution is 6.31. The molecule has 0 bridgehead atoms. The summed E-state index contributed by atoms with van der Waals surface area (Å²) in [6, 6.07) is 3.81. The van der Waals surface area contributed by atoms with Crippen molar-refractivity contribution in [3.05, 3.63) is 28.8 Å². The zero-order valence-electron chi connectivity index (χ0n) is 12.2. The number of carbonyl (C=O) groups is 2. The second kappa shape index (κ2) is 6.48. The summed E-state index contributed by atoms with van der Waals surface area (Å²) in [5, 5.41) is 10.7. The normalized spacial score (nSPS) is 11.9. The van der Waals surface area contributed by atoms with Crippen molar-refractivity contribution in [2.45, 2.75) is 38.7 Å². The zero-order valence-corrected chi connectivity index (χ0v) is 13.0. The van der Waals surface area contributed by atoms with Crippen LogP contribution in [0.25, 0.3) is 0 Å². The molecule has 0 aliphatic heterocycles. The number of carbonyl (C=O) groups excluding carboxylic acids is 1. The maximum absolute atomic E-state index is 13.2. The van der Waals surface area contributed by atoms with Gasteiger partial charge in [0.2, 0.25) is 0 Å². The molecule has 1 aromatic rings. The average Bonchev–Trinajstić information content (AvgIpc) is 2.29. The van der Waals surface area contributed by atoms with E-state index in [1.165, 1.54) is 18.2 Å². The number of hydrogen-bond donors (Lipinski definition) is 2. The monoisotopic (exact) mass is 335 g/mol. The van der Waals surface area contributed by atoms with Crippen LogP contribution in [0.4, 0.5) is 19.3 Å². The van der Waals surface area contributed by atoms with E-state index in [0.29, 0.717) is 0 Å². The number of amides is 1. The minimum Gasteiger partial charge on any atom is -0.477 e. The van der Waals surface area contributed by atoms with Crippen molar-refractivity contribution in [3.63, 3.8) is 0 Å². The molecule has 5 nitrogen and oxygen atoms in total. The van der Waals surface area contributed by atoms with E-state index in [-0.39, 0.29) is 16.3 Å². The van der Waals surface area contributed by atoms with E-state index >= 15 is 0 Å². The lowest BCUT2D eigenvalue weighted by Crippen LogP contribution is -2.30. The van der Waals surface area contributed by atoms with Crippen LogP contribution in [-0.4, -0.2) is 28.7 Å². The van der Waals surface area contributed by atoms with Gasteiger partial charge in [-0.05, 0) is 38.5 Å². The number of alkyl halides is 2. The lowest BCUT2D eigenvalue weighted by Gasteiger charge is -2.20. The molecular formula is C14H16ClF2NO4. The first-order valence-corrected chi connectivity index (χ1v) is 6.68. The van der Waals surface area contributed by atoms with Crippen LogP contribution in [0.15, 0.2) is 18.2 Å². The van der Waals surface area contributed by atoms with Crippen LogP contribution < -0.4 is 5.32 Å². The lowest BCUT2D eigenvalue weighted by atomic mass is 10.1. The molecule has 1 amide bonds. The van der Waals surface area contributed by atoms with Crippen molar-refractivity contribution in [3.8, 4) is 0 Å². The summed E-state index contributed by atoms with van der Waals surface area (Å²) < 4.78 is 31.4. The molecule has 0 aliphatic carbocycles. The molecule has 8 heteroatoms. The van der Waals surface area contributed by atoms with Gasteiger partial charge in [-0.3, -0.25) is 5.32 Å². The van der Waals surface area contributed by atoms with Crippen molar-refractivity contribution in [2.24, 2.45) is 0 Å². The van der Waals surface area contributed by atoms with E-state index in [0.717, 1.165) is 0 Å². The van der Waals surface area contributed by atoms with E-state index < -0.39 is 30.0 Å². The number of nitrogens with one attached hydrogen (secondary N) is 1. The lowest BCUT2D eigenvalue weighted by molar-refractivity contribution is -0.164. The third-order valence-electron chi connectivity index (χ3n) is 2.42. The highest BCUT2D eigenvalue weighted by Gasteiger charge is 2.39. The number of anilines is 1. The number of benzene rings is 1. The molecule has 0 saturated carbocycles. The summed E-state index contributed by atoms with van der Waals surface area (Å²) >= 11 is 5.84. The highest BCUT2D eigenvalue weighted by atomic mass is 35.5. The number of carboxylic acids is 1. The maximum atomic E-state index is 13.2. The summed E-state index contributed by atoms with van der Waals surface area (Å²) in [5.41, 5.74) is -0.470. The van der Waals surface area contributed by atoms with Crippen molar-refractivity contribution in [1.82, 2.24) is 0 Å². The third-order valence-corrected chi connectivity index (χ3v) is 2.78. The Labute approximate surface area is 131 Å². The van der Waals surface area contributed by atoms with Gasteiger partial charge in [-0.1, -0.05) is 17.7 Å². The molecule has 0 aromatic heterocycles. The summed E-state index contributed by atoms with van der Waals surface area (Å²) in [4.78, 5) is 22.0. The van der Waals surface area contributed by atoms with Crippen molar-refractivity contribution in [2.75, 3.05) is 5.32 Å². The standard InChI is InChI=1S/C14H16ClF2NO4/c1-13(2,3)22-12(21)18-9-5-4-8(10(15)6-9)7-14(16,17)11(19)20/h4-6H,7H2,1-3H3,(H,18,21)(H,19,20). The third kappa shape index (κ3) is 5.48. The summed E-state index contributed by atoms with van der Waals surface area (Å²) in [6.07, 6.45) is -1.75. The van der Waals surface area contributed by atoms with E-state index in [4.69, 9.17) is 21.4 Å². The number of rotatable bonds is 4. The molecule has 0 atom stereocenters. The quantitative estimate of drug-likeness (QED) is 0.873. The van der Waals surface area contributed by atoms with E-state index in [9.17, 15) is 18.4 Å². The molecule has 1 rings (SSSR count). The Morgan fingerprint density at radius 1 is 1.32 bits per heavy atom. The number of carboxylic acid groups (broad SMARTS) is 1. The molecular weight excluding hydrogens is 320 g/mol. The van der Waals surface area contributed by atoms with Gasteiger partial charge in [-0.25, -0.2) is 9.59 Å². The number of aliphatic carboxylic acids is 1. The van der Waals surface area contributed by atoms with Gasteiger partial charge in [0.05, 0.1) is 0 Å². The summed E-state index contributed by atoms with van der Waals surface area (Å²) in [7, 11) is 0. The van der Waals surface area contributed by atoms with Crippen LogP contribution in [0.1, 0.15) is 26.3 Å². The van der Waals surface area contributed by atoms with Gasteiger partial charge >= 0.3 is 18.0 Å². The van der Waals surface area contributed by atoms with E-state index in [1.807, 2.05) is 0 Å². The highest BCUT2D eigenvalue weighted by Crippen LogP contribution is 2.28. The molecule has 0 fully saturated rings. The first-order chi connectivity index (χ1) is 9.90. The van der Waals surface area contributed by atoms with Gasteiger partial charge in [-0.2, -0.15) is 8.78 Å². The smallest absolute Gasteiger partial charge is 0.412 e. The van der Waals surface area contributed by atoms with Crippen LogP contribution in [-0.2, 0) is 16.0 Å². The van der Waals surface area contributed by atoms with Crippen LogP contribution in [0, 0.1) is 0 Å². The molecule has 0 heterocycles. The Bertz CT molecular complexity index is 585. The predicted molar refractivity (Wildman–Crippen MR) is 77.6 cm³/mol. The number of hydrogen-bond acceptors (Lipinski definition) is 3. The number of ether oxygens (including phenoxy) is 1. The van der Waals surface area contributed by atoms with Gasteiger partial charge in [0.1, 0.15) is 5.60 Å². The largest absolute Gasteiger partial charge is 0.477 e. The topological polar surface area (TPSA) is 75.6 Å². The first-order valence-electron chi connectivity index (χ1n) is 6.30. The Hall–Kier alpha value is -1.89. The molecule has 2 N–H and O–H groups in total.